The number of benzene rings is 2. The van der Waals surface area contributed by atoms with Gasteiger partial charge in [-0.05, 0) is 29.8 Å². The molecule has 1 unspecified atom stereocenters. The lowest BCUT2D eigenvalue weighted by Crippen LogP contribution is -2.53. The number of carbonyl (C=O) groups excluding carboxylic acids is 2. The summed E-state index contributed by atoms with van der Waals surface area (Å²) in [4.78, 5) is 24.5. The maximum Gasteiger partial charge on any atom is 0.430 e. The third-order valence-electron chi connectivity index (χ3n) is 5.05. The van der Waals surface area contributed by atoms with E-state index in [4.69, 9.17) is 0 Å². The fourth-order valence-corrected chi connectivity index (χ4v) is 3.89. The molecule has 2 amide bonds. The summed E-state index contributed by atoms with van der Waals surface area (Å²) in [6.07, 6.45) is -13.2. The Kier molecular flexibility index (Phi) is 8.30. The van der Waals surface area contributed by atoms with E-state index in [1.54, 1.807) is 0 Å². The summed E-state index contributed by atoms with van der Waals surface area (Å²) in [6, 6.07) is 5.43. The van der Waals surface area contributed by atoms with Crippen molar-refractivity contribution in [2.75, 3.05) is 18.2 Å². The minimum Gasteiger partial charge on any atom is -0.453 e. The molecular formula is C21H20F6N2O6S. The van der Waals surface area contributed by atoms with Crippen LogP contribution in [0.15, 0.2) is 53.4 Å². The Bertz CT molecular complexity index is 1180. The summed E-state index contributed by atoms with van der Waals surface area (Å²) in [5.41, 5.74) is -6.85. The van der Waals surface area contributed by atoms with Crippen LogP contribution in [0, 0.1) is 0 Å². The zero-order valence-electron chi connectivity index (χ0n) is 18.6. The molecule has 0 aliphatic carbocycles. The molecule has 0 fully saturated rings. The maximum absolute atomic E-state index is 13.0. The number of hydrogen-bond acceptors (Lipinski definition) is 6. The van der Waals surface area contributed by atoms with Crippen molar-refractivity contribution in [3.8, 4) is 0 Å². The Labute approximate surface area is 201 Å². The molecule has 0 saturated heterocycles. The van der Waals surface area contributed by atoms with Crippen molar-refractivity contribution >= 4 is 27.5 Å². The molecule has 8 nitrogen and oxygen atoms in total. The van der Waals surface area contributed by atoms with Gasteiger partial charge in [0.2, 0.25) is 0 Å². The Hall–Kier alpha value is -3.33. The molecule has 3 N–H and O–H groups in total. The van der Waals surface area contributed by atoms with Crippen LogP contribution in [0.5, 0.6) is 0 Å². The molecule has 0 aliphatic rings. The number of ether oxygens (including phenoxy) is 1. The van der Waals surface area contributed by atoms with Crippen molar-refractivity contribution in [2.24, 2.45) is 0 Å². The zero-order valence-corrected chi connectivity index (χ0v) is 19.4. The first-order valence-electron chi connectivity index (χ1n) is 9.92. The van der Waals surface area contributed by atoms with E-state index in [-0.39, 0.29) is 21.9 Å². The number of alkyl halides is 6. The highest BCUT2D eigenvalue weighted by Crippen LogP contribution is 2.50. The average molecular weight is 542 g/mol. The minimum atomic E-state index is -6.08. The topological polar surface area (TPSA) is 122 Å². The third-order valence-corrected chi connectivity index (χ3v) is 6.80. The smallest absolute Gasteiger partial charge is 0.430 e. The van der Waals surface area contributed by atoms with Crippen molar-refractivity contribution in [1.82, 2.24) is 5.32 Å². The second kappa shape index (κ2) is 10.3. The zero-order chi connectivity index (χ0) is 27.5. The first-order valence-corrected chi connectivity index (χ1v) is 11.6. The molecule has 0 aliphatic heterocycles. The quantitative estimate of drug-likeness (QED) is 0.458. The van der Waals surface area contributed by atoms with Crippen LogP contribution in [0.1, 0.15) is 24.1 Å². The number of hydrogen-bond donors (Lipinski definition) is 3. The lowest BCUT2D eigenvalue weighted by Gasteiger charge is -2.32. The molecule has 36 heavy (non-hydrogen) atoms. The average Bonchev–Trinajstić information content (AvgIpc) is 2.80. The molecule has 2 aromatic carbocycles. The van der Waals surface area contributed by atoms with Gasteiger partial charge in [0.05, 0.1) is 17.8 Å². The molecule has 2 rings (SSSR count). The summed E-state index contributed by atoms with van der Waals surface area (Å²) >= 11 is 0. The molecule has 0 radical (unpaired) electrons. The maximum atomic E-state index is 13.0. The first-order chi connectivity index (χ1) is 16.5. The van der Waals surface area contributed by atoms with E-state index in [2.05, 4.69) is 15.4 Å². The van der Waals surface area contributed by atoms with E-state index in [9.17, 15) is 49.5 Å². The number of nitrogens with one attached hydrogen (secondary N) is 2. The molecular weight excluding hydrogens is 522 g/mol. The van der Waals surface area contributed by atoms with Crippen molar-refractivity contribution in [3.63, 3.8) is 0 Å². The molecule has 0 heterocycles. The molecule has 15 heteroatoms. The summed E-state index contributed by atoms with van der Waals surface area (Å²) in [5.74, 6) is -1.18. The van der Waals surface area contributed by atoms with Crippen LogP contribution in [-0.2, 0) is 25.0 Å². The van der Waals surface area contributed by atoms with Gasteiger partial charge in [-0.1, -0.05) is 31.2 Å². The summed E-state index contributed by atoms with van der Waals surface area (Å²) in [7, 11) is -2.57. The van der Waals surface area contributed by atoms with Gasteiger partial charge in [-0.2, -0.15) is 26.3 Å². The SMILES string of the molecule is CCS(=O)(=O)c1ccc(C(NC(=O)OC)C(=O)Nc2ccc(C(O)(C(F)(F)F)C(F)(F)F)cc2)cc1. The van der Waals surface area contributed by atoms with Crippen molar-refractivity contribution in [3.05, 3.63) is 59.7 Å². The highest BCUT2D eigenvalue weighted by atomic mass is 32.2. The van der Waals surface area contributed by atoms with Gasteiger partial charge in [-0.3, -0.25) is 4.79 Å². The summed E-state index contributed by atoms with van der Waals surface area (Å²) in [6.45, 7) is 1.42. The number of halogens is 6. The number of aliphatic hydroxyl groups is 1. The highest BCUT2D eigenvalue weighted by Gasteiger charge is 2.71. The van der Waals surface area contributed by atoms with E-state index in [0.29, 0.717) is 24.3 Å². The summed E-state index contributed by atoms with van der Waals surface area (Å²) in [5, 5.41) is 13.8. The number of rotatable bonds is 7. The molecule has 2 aromatic rings. The number of amides is 2. The minimum absolute atomic E-state index is 0.0524. The fraction of sp³-hybridized carbons (Fsp3) is 0.333. The van der Waals surface area contributed by atoms with E-state index in [0.717, 1.165) is 7.11 Å². The van der Waals surface area contributed by atoms with Crippen LogP contribution in [0.2, 0.25) is 0 Å². The number of sulfone groups is 1. The van der Waals surface area contributed by atoms with Gasteiger partial charge in [0.1, 0.15) is 6.04 Å². The third kappa shape index (κ3) is 5.90. The Balaban J connectivity index is 2.36. The lowest BCUT2D eigenvalue weighted by molar-refractivity contribution is -0.376. The fourth-order valence-electron chi connectivity index (χ4n) is 3.01. The van der Waals surface area contributed by atoms with Gasteiger partial charge in [0, 0.05) is 11.3 Å². The van der Waals surface area contributed by atoms with Gasteiger partial charge in [0.25, 0.3) is 11.5 Å². The van der Waals surface area contributed by atoms with E-state index in [1.165, 1.54) is 31.2 Å². The lowest BCUT2D eigenvalue weighted by atomic mass is 9.92. The molecule has 0 spiro atoms. The van der Waals surface area contributed by atoms with E-state index < -0.39 is 51.4 Å². The van der Waals surface area contributed by atoms with Crippen molar-refractivity contribution in [2.45, 2.75) is 35.8 Å². The Morgan fingerprint density at radius 1 is 0.944 bits per heavy atom. The van der Waals surface area contributed by atoms with Gasteiger partial charge in [-0.25, -0.2) is 13.2 Å². The Morgan fingerprint density at radius 3 is 1.86 bits per heavy atom. The molecule has 0 saturated carbocycles. The first kappa shape index (κ1) is 28.9. The van der Waals surface area contributed by atoms with Gasteiger partial charge < -0.3 is 20.5 Å². The monoisotopic (exact) mass is 542 g/mol. The van der Waals surface area contributed by atoms with Crippen molar-refractivity contribution < 1.29 is 54.2 Å². The largest absolute Gasteiger partial charge is 0.453 e. The normalized spacial score (nSPS) is 13.6. The molecule has 0 aromatic heterocycles. The standard InChI is InChI=1S/C21H20F6N2O6S/c1-3-36(33,34)15-10-4-12(5-11-15)16(29-18(31)35-2)17(30)28-14-8-6-13(7-9-14)19(32,20(22,23)24)21(25,26)27/h4-11,16,32H,3H2,1-2H3,(H,28,30)(H,29,31). The van der Waals surface area contributed by atoms with Crippen molar-refractivity contribution in [1.29, 1.82) is 0 Å². The second-order valence-electron chi connectivity index (χ2n) is 7.31. The number of methoxy groups -OCH3 is 1. The van der Waals surface area contributed by atoms with Crippen LogP contribution >= 0.6 is 0 Å². The second-order valence-corrected chi connectivity index (χ2v) is 9.59. The van der Waals surface area contributed by atoms with Gasteiger partial charge >= 0.3 is 18.4 Å². The van der Waals surface area contributed by atoms with Gasteiger partial charge in [0.15, 0.2) is 9.84 Å². The molecule has 198 valence electrons. The van der Waals surface area contributed by atoms with E-state index in [1.807, 2.05) is 0 Å². The highest BCUT2D eigenvalue weighted by molar-refractivity contribution is 7.91. The number of alkyl carbamates (subject to hydrolysis) is 1. The molecule has 1 atom stereocenters. The number of anilines is 1. The summed E-state index contributed by atoms with van der Waals surface area (Å²) < 4.78 is 107. The van der Waals surface area contributed by atoms with Crippen LogP contribution in [0.3, 0.4) is 0 Å². The predicted octanol–water partition coefficient (Wildman–Crippen LogP) is 3.83. The van der Waals surface area contributed by atoms with Gasteiger partial charge in [-0.15, -0.1) is 0 Å². The predicted molar refractivity (Wildman–Crippen MR) is 114 cm³/mol. The Morgan fingerprint density at radius 2 is 1.44 bits per heavy atom. The van der Waals surface area contributed by atoms with Crippen LogP contribution in [0.4, 0.5) is 36.8 Å². The van der Waals surface area contributed by atoms with Crippen LogP contribution in [-0.4, -0.2) is 50.7 Å². The molecule has 0 bridgehead atoms. The van der Waals surface area contributed by atoms with Crippen LogP contribution < -0.4 is 10.6 Å². The number of carbonyl (C=O) groups is 2. The van der Waals surface area contributed by atoms with Crippen LogP contribution in [0.25, 0.3) is 0 Å². The van der Waals surface area contributed by atoms with E-state index >= 15 is 0 Å².